The largest absolute Gasteiger partial charge is 0.490 e. The first kappa shape index (κ1) is 29.8. The number of aliphatic hydroxyl groups is 1. The van der Waals surface area contributed by atoms with E-state index in [0.717, 1.165) is 39.7 Å². The van der Waals surface area contributed by atoms with E-state index in [2.05, 4.69) is 11.7 Å². The Bertz CT molecular complexity index is 2170. The summed E-state index contributed by atoms with van der Waals surface area (Å²) in [5.41, 5.74) is 4.30. The van der Waals surface area contributed by atoms with E-state index in [1.165, 1.54) is 24.3 Å². The van der Waals surface area contributed by atoms with Crippen molar-refractivity contribution in [2.24, 2.45) is 7.05 Å². The summed E-state index contributed by atoms with van der Waals surface area (Å²) in [6.45, 7) is 7.82. The Hall–Kier alpha value is -4.94. The summed E-state index contributed by atoms with van der Waals surface area (Å²) < 4.78 is 40.7. The van der Waals surface area contributed by atoms with Crippen LogP contribution in [0, 0.1) is 11.6 Å². The maximum atomic E-state index is 16.0. The molecule has 0 unspecified atom stereocenters. The van der Waals surface area contributed by atoms with Crippen LogP contribution in [0.15, 0.2) is 66.7 Å². The molecule has 4 aromatic heterocycles. The third-order valence-corrected chi connectivity index (χ3v) is 9.14. The van der Waals surface area contributed by atoms with Gasteiger partial charge >= 0.3 is 0 Å². The fourth-order valence-corrected chi connectivity index (χ4v) is 7.05. The fraction of sp³-hybridized carbons (Fsp3) is 0.235. The third-order valence-electron chi connectivity index (χ3n) is 8.21. The second-order valence-corrected chi connectivity index (χ2v) is 12.3. The number of hydrogen-bond acceptors (Lipinski definition) is 7. The molecule has 6 aromatic rings. The number of nitrogens with zero attached hydrogens (tertiary/aromatic N) is 6. The van der Waals surface area contributed by atoms with E-state index in [0.29, 0.717) is 40.4 Å². The molecule has 9 nitrogen and oxygen atoms in total. The van der Waals surface area contributed by atoms with Crippen LogP contribution in [0.2, 0.25) is 0 Å². The van der Waals surface area contributed by atoms with Crippen LogP contribution >= 0.6 is 11.3 Å². The van der Waals surface area contributed by atoms with Crippen molar-refractivity contribution in [1.82, 2.24) is 29.4 Å². The lowest BCUT2D eigenvalue weighted by molar-refractivity contribution is -0.129. The zero-order valence-corrected chi connectivity index (χ0v) is 26.2. The molecule has 0 radical (unpaired) electrons. The van der Waals surface area contributed by atoms with Gasteiger partial charge in [-0.1, -0.05) is 18.7 Å². The number of benzene rings is 2. The summed E-state index contributed by atoms with van der Waals surface area (Å²) in [6.07, 6.45) is 2.36. The van der Waals surface area contributed by atoms with Crippen LogP contribution in [0.3, 0.4) is 0 Å². The Labute approximate surface area is 267 Å². The van der Waals surface area contributed by atoms with Crippen molar-refractivity contribution < 1.29 is 23.4 Å². The van der Waals surface area contributed by atoms with Crippen molar-refractivity contribution in [1.29, 1.82) is 0 Å². The molecule has 12 heteroatoms. The molecule has 5 heterocycles. The average molecular weight is 641 g/mol. The highest BCUT2D eigenvalue weighted by Gasteiger charge is 2.31. The van der Waals surface area contributed by atoms with E-state index >= 15 is 4.39 Å². The van der Waals surface area contributed by atoms with Crippen molar-refractivity contribution in [2.75, 3.05) is 13.2 Å². The second kappa shape index (κ2) is 11.5. The molecule has 234 valence electrons. The van der Waals surface area contributed by atoms with Crippen LogP contribution < -0.4 is 4.74 Å². The summed E-state index contributed by atoms with van der Waals surface area (Å²) in [5, 5.41) is 23.1. The normalized spacial score (nSPS) is 15.3. The van der Waals surface area contributed by atoms with Gasteiger partial charge < -0.3 is 14.7 Å². The van der Waals surface area contributed by atoms with Gasteiger partial charge in [-0.25, -0.2) is 13.8 Å². The number of carbonyl (C=O) groups is 1. The van der Waals surface area contributed by atoms with Crippen LogP contribution in [0.1, 0.15) is 25.6 Å². The average Bonchev–Trinajstić information content (AvgIpc) is 3.77. The van der Waals surface area contributed by atoms with Crippen molar-refractivity contribution in [3.8, 4) is 39.5 Å². The highest BCUT2D eigenvalue weighted by Crippen LogP contribution is 2.47. The van der Waals surface area contributed by atoms with E-state index in [4.69, 9.17) is 14.8 Å². The molecule has 0 spiro atoms. The van der Waals surface area contributed by atoms with E-state index in [-0.39, 0.29) is 29.9 Å². The first-order valence-corrected chi connectivity index (χ1v) is 15.7. The Morgan fingerprint density at radius 2 is 1.98 bits per heavy atom. The van der Waals surface area contributed by atoms with Gasteiger partial charge in [-0.05, 0) is 43.5 Å². The molecular weight excluding hydrogens is 610 g/mol. The highest BCUT2D eigenvalue weighted by atomic mass is 32.1. The van der Waals surface area contributed by atoms with Gasteiger partial charge in [-0.15, -0.1) is 11.3 Å². The Morgan fingerprint density at radius 1 is 1.15 bits per heavy atom. The minimum atomic E-state index is -0.870. The monoisotopic (exact) mass is 640 g/mol. The summed E-state index contributed by atoms with van der Waals surface area (Å²) >= 11 is 1.40. The Morgan fingerprint density at radius 3 is 2.76 bits per heavy atom. The lowest BCUT2D eigenvalue weighted by atomic mass is 9.96. The number of rotatable bonds is 7. The molecule has 2 atom stereocenters. The fourth-order valence-electron chi connectivity index (χ4n) is 6.10. The zero-order valence-electron chi connectivity index (χ0n) is 25.4. The third kappa shape index (κ3) is 5.03. The number of hydrogen-bond donors (Lipinski definition) is 1. The van der Waals surface area contributed by atoms with Crippen LogP contribution in [-0.4, -0.2) is 59.7 Å². The maximum absolute atomic E-state index is 16.0. The Balaban J connectivity index is 1.51. The second-order valence-electron chi connectivity index (χ2n) is 11.4. The number of thiophene rings is 1. The minimum absolute atomic E-state index is 0.0196. The number of amides is 1. The van der Waals surface area contributed by atoms with E-state index in [1.807, 2.05) is 60.6 Å². The lowest BCUT2D eigenvalue weighted by Gasteiger charge is -2.33. The maximum Gasteiger partial charge on any atom is 0.246 e. The van der Waals surface area contributed by atoms with Crippen LogP contribution in [-0.2, 0) is 18.4 Å². The molecule has 0 aliphatic carbocycles. The SMILES string of the molecule is C=CC(=O)N1CCn2nc(-c3nc(-c4ccc5cn(C)nc5c4)c4ccsc4c3-c3c(F)cc(F)cc3OC[C@@H](C)O)cc2[C@@H]1C. The molecule has 0 saturated carbocycles. The zero-order chi connectivity index (χ0) is 32.3. The van der Waals surface area contributed by atoms with Gasteiger partial charge in [0, 0.05) is 58.5 Å². The molecule has 0 fully saturated rings. The Kier molecular flexibility index (Phi) is 7.41. The van der Waals surface area contributed by atoms with Crippen molar-refractivity contribution in [2.45, 2.75) is 32.5 Å². The van der Waals surface area contributed by atoms with Gasteiger partial charge in [0.15, 0.2) is 0 Å². The first-order valence-electron chi connectivity index (χ1n) is 14.8. The summed E-state index contributed by atoms with van der Waals surface area (Å²) in [6, 6.07) is 11.3. The van der Waals surface area contributed by atoms with E-state index < -0.39 is 17.7 Å². The van der Waals surface area contributed by atoms with Crippen LogP contribution in [0.25, 0.3) is 54.8 Å². The topological polar surface area (TPSA) is 98.3 Å². The molecule has 7 rings (SSSR count). The van der Waals surface area contributed by atoms with Crippen LogP contribution in [0.5, 0.6) is 5.75 Å². The smallest absolute Gasteiger partial charge is 0.246 e. The summed E-state index contributed by atoms with van der Waals surface area (Å²) in [4.78, 5) is 19.5. The lowest BCUT2D eigenvalue weighted by Crippen LogP contribution is -2.40. The molecule has 1 N–H and O–H groups in total. The molecule has 2 aromatic carbocycles. The standard InChI is InChI=1S/C34H30F2N6O3S/c1-5-29(44)41-9-10-42-27(19(41)3)15-26(39-42)33-31(30-24(36)13-22(35)14-28(30)45-17-18(2)43)34-23(8-11-46-34)32(37-33)20-6-7-21-16-40(4)38-25(21)12-20/h5-8,11-16,18-19,43H,1,9-10,17H2,2-4H3/t18-,19+/m1/s1. The number of fused-ring (bicyclic) bond motifs is 3. The molecular formula is C34H30F2N6O3S. The molecule has 0 saturated heterocycles. The van der Waals surface area contributed by atoms with E-state index in [1.54, 1.807) is 9.58 Å². The van der Waals surface area contributed by atoms with Crippen LogP contribution in [0.4, 0.5) is 8.78 Å². The van der Waals surface area contributed by atoms with Gasteiger partial charge in [0.25, 0.3) is 0 Å². The minimum Gasteiger partial charge on any atom is -0.490 e. The molecule has 46 heavy (non-hydrogen) atoms. The molecule has 1 aliphatic heterocycles. The molecule has 1 amide bonds. The first-order chi connectivity index (χ1) is 22.1. The predicted octanol–water partition coefficient (Wildman–Crippen LogP) is 6.51. The van der Waals surface area contributed by atoms with Gasteiger partial charge in [-0.2, -0.15) is 10.2 Å². The number of carbonyl (C=O) groups excluding carboxylic acids is 1. The number of aromatic nitrogens is 5. The number of pyridine rings is 1. The van der Waals surface area contributed by atoms with Gasteiger partial charge in [0.05, 0.1) is 41.2 Å². The van der Waals surface area contributed by atoms with Gasteiger partial charge in [0.2, 0.25) is 5.91 Å². The number of aliphatic hydroxyl groups excluding tert-OH is 1. The summed E-state index contributed by atoms with van der Waals surface area (Å²) in [5.74, 6) is -1.88. The van der Waals surface area contributed by atoms with Crippen molar-refractivity contribution in [3.05, 3.63) is 84.0 Å². The molecule has 0 bridgehead atoms. The van der Waals surface area contributed by atoms with Gasteiger partial charge in [0.1, 0.15) is 35.4 Å². The quantitative estimate of drug-likeness (QED) is 0.200. The number of aryl methyl sites for hydroxylation is 1. The van der Waals surface area contributed by atoms with Crippen molar-refractivity contribution >= 4 is 38.2 Å². The number of halogens is 2. The summed E-state index contributed by atoms with van der Waals surface area (Å²) in [7, 11) is 1.86. The van der Waals surface area contributed by atoms with Crippen molar-refractivity contribution in [3.63, 3.8) is 0 Å². The predicted molar refractivity (Wildman–Crippen MR) is 173 cm³/mol. The highest BCUT2D eigenvalue weighted by molar-refractivity contribution is 7.18. The van der Waals surface area contributed by atoms with Gasteiger partial charge in [-0.3, -0.25) is 14.2 Å². The molecule has 1 aliphatic rings. The number of ether oxygens (including phenoxy) is 1. The van der Waals surface area contributed by atoms with E-state index in [9.17, 15) is 14.3 Å².